The first kappa shape index (κ1) is 15.0. The Hall–Kier alpha value is -2.36. The first-order chi connectivity index (χ1) is 10.2. The summed E-state index contributed by atoms with van der Waals surface area (Å²) in [5.41, 5.74) is 4.16. The molecule has 4 heteroatoms. The van der Waals surface area contributed by atoms with Crippen molar-refractivity contribution in [3.8, 4) is 16.9 Å². The van der Waals surface area contributed by atoms with Crippen LogP contribution in [0.25, 0.3) is 11.1 Å². The second kappa shape index (κ2) is 6.88. The van der Waals surface area contributed by atoms with Crippen LogP contribution in [-0.2, 0) is 16.0 Å². The summed E-state index contributed by atoms with van der Waals surface area (Å²) in [5, 5.41) is 0. The van der Waals surface area contributed by atoms with Gasteiger partial charge in [-0.15, -0.1) is 0 Å². The van der Waals surface area contributed by atoms with Gasteiger partial charge >= 0.3 is 5.97 Å². The standard InChI is InChI=1S/C17H19NO3/c1-12-5-4-6-15(20-2)17(12)14-9-13(10-18-11-14)7-8-16(19)21-3/h4-6,9-11H,7-8H2,1-3H3. The number of carbonyl (C=O) groups is 1. The molecule has 1 aromatic heterocycles. The molecule has 1 heterocycles. The highest BCUT2D eigenvalue weighted by molar-refractivity contribution is 5.74. The van der Waals surface area contributed by atoms with Crippen LogP contribution in [0.15, 0.2) is 36.7 Å². The number of carbonyl (C=O) groups excluding carboxylic acids is 1. The van der Waals surface area contributed by atoms with Crippen LogP contribution in [0.5, 0.6) is 5.75 Å². The molecule has 110 valence electrons. The van der Waals surface area contributed by atoms with Crippen molar-refractivity contribution in [2.24, 2.45) is 0 Å². The minimum absolute atomic E-state index is 0.214. The Labute approximate surface area is 124 Å². The summed E-state index contributed by atoms with van der Waals surface area (Å²) in [7, 11) is 3.06. The van der Waals surface area contributed by atoms with Gasteiger partial charge in [-0.2, -0.15) is 0 Å². The van der Waals surface area contributed by atoms with Crippen molar-refractivity contribution in [1.29, 1.82) is 0 Å². The van der Waals surface area contributed by atoms with Gasteiger partial charge in [0, 0.05) is 29.9 Å². The summed E-state index contributed by atoms with van der Waals surface area (Å²) in [6.07, 6.45) is 4.55. The number of benzene rings is 1. The summed E-state index contributed by atoms with van der Waals surface area (Å²) < 4.78 is 10.1. The van der Waals surface area contributed by atoms with Crippen molar-refractivity contribution in [2.75, 3.05) is 14.2 Å². The van der Waals surface area contributed by atoms with Gasteiger partial charge in [0.1, 0.15) is 5.75 Å². The third-order valence-corrected chi connectivity index (χ3v) is 3.38. The Morgan fingerprint density at radius 1 is 1.24 bits per heavy atom. The first-order valence-corrected chi connectivity index (χ1v) is 6.80. The Kier molecular flexibility index (Phi) is 4.93. The molecule has 0 amide bonds. The van der Waals surface area contributed by atoms with E-state index in [0.717, 1.165) is 28.0 Å². The number of ether oxygens (including phenoxy) is 2. The normalized spacial score (nSPS) is 10.2. The van der Waals surface area contributed by atoms with Crippen LogP contribution < -0.4 is 4.74 Å². The third-order valence-electron chi connectivity index (χ3n) is 3.38. The highest BCUT2D eigenvalue weighted by Crippen LogP contribution is 2.32. The molecule has 0 spiro atoms. The first-order valence-electron chi connectivity index (χ1n) is 6.80. The molecule has 0 aliphatic heterocycles. The molecule has 0 bridgehead atoms. The number of nitrogens with zero attached hydrogens (tertiary/aromatic N) is 1. The van der Waals surface area contributed by atoms with E-state index >= 15 is 0 Å². The van der Waals surface area contributed by atoms with E-state index in [4.69, 9.17) is 4.74 Å². The molecule has 2 rings (SSSR count). The minimum Gasteiger partial charge on any atom is -0.496 e. The lowest BCUT2D eigenvalue weighted by molar-refractivity contribution is -0.140. The molecule has 0 atom stereocenters. The smallest absolute Gasteiger partial charge is 0.305 e. The van der Waals surface area contributed by atoms with Gasteiger partial charge in [-0.05, 0) is 36.6 Å². The molecule has 0 aliphatic rings. The van der Waals surface area contributed by atoms with Crippen molar-refractivity contribution in [1.82, 2.24) is 4.98 Å². The molecule has 0 N–H and O–H groups in total. The van der Waals surface area contributed by atoms with Crippen molar-refractivity contribution in [2.45, 2.75) is 19.8 Å². The van der Waals surface area contributed by atoms with Crippen LogP contribution in [0.2, 0.25) is 0 Å². The second-order valence-corrected chi connectivity index (χ2v) is 4.81. The molecule has 0 saturated carbocycles. The van der Waals surface area contributed by atoms with Crippen LogP contribution >= 0.6 is 0 Å². The number of aryl methyl sites for hydroxylation is 2. The second-order valence-electron chi connectivity index (χ2n) is 4.81. The SMILES string of the molecule is COC(=O)CCc1cncc(-c2c(C)cccc2OC)c1. The number of hydrogen-bond acceptors (Lipinski definition) is 4. The quantitative estimate of drug-likeness (QED) is 0.792. The molecule has 0 saturated heterocycles. The lowest BCUT2D eigenvalue weighted by Gasteiger charge is -2.12. The summed E-state index contributed by atoms with van der Waals surface area (Å²) in [5.74, 6) is 0.607. The molecule has 4 nitrogen and oxygen atoms in total. The van der Waals surface area contributed by atoms with Gasteiger partial charge < -0.3 is 9.47 Å². The largest absolute Gasteiger partial charge is 0.496 e. The molecular weight excluding hydrogens is 266 g/mol. The number of esters is 1. The lowest BCUT2D eigenvalue weighted by atomic mass is 9.99. The van der Waals surface area contributed by atoms with Crippen molar-refractivity contribution < 1.29 is 14.3 Å². The third kappa shape index (κ3) is 3.60. The van der Waals surface area contributed by atoms with Gasteiger partial charge in [0.2, 0.25) is 0 Å². The van der Waals surface area contributed by atoms with Gasteiger partial charge in [-0.25, -0.2) is 0 Å². The van der Waals surface area contributed by atoms with Crippen LogP contribution in [0, 0.1) is 6.92 Å². The van der Waals surface area contributed by atoms with E-state index in [1.165, 1.54) is 7.11 Å². The molecule has 0 unspecified atom stereocenters. The number of methoxy groups -OCH3 is 2. The van der Waals surface area contributed by atoms with E-state index in [2.05, 4.69) is 9.72 Å². The number of pyridine rings is 1. The summed E-state index contributed by atoms with van der Waals surface area (Å²) in [6.45, 7) is 2.04. The summed E-state index contributed by atoms with van der Waals surface area (Å²) in [6, 6.07) is 7.98. The fourth-order valence-electron chi connectivity index (χ4n) is 2.29. The lowest BCUT2D eigenvalue weighted by Crippen LogP contribution is -2.02. The Balaban J connectivity index is 2.31. The van der Waals surface area contributed by atoms with E-state index in [1.54, 1.807) is 13.3 Å². The highest BCUT2D eigenvalue weighted by atomic mass is 16.5. The zero-order valence-electron chi connectivity index (χ0n) is 12.6. The van der Waals surface area contributed by atoms with Crippen molar-refractivity contribution >= 4 is 5.97 Å². The van der Waals surface area contributed by atoms with Gasteiger partial charge in [0.15, 0.2) is 0 Å². The van der Waals surface area contributed by atoms with Crippen molar-refractivity contribution in [3.63, 3.8) is 0 Å². The van der Waals surface area contributed by atoms with Crippen LogP contribution in [-0.4, -0.2) is 25.2 Å². The predicted octanol–water partition coefficient (Wildman–Crippen LogP) is 3.17. The van der Waals surface area contributed by atoms with E-state index in [9.17, 15) is 4.79 Å². The molecule has 21 heavy (non-hydrogen) atoms. The number of aromatic nitrogens is 1. The van der Waals surface area contributed by atoms with E-state index in [0.29, 0.717) is 12.8 Å². The maximum Gasteiger partial charge on any atom is 0.305 e. The Morgan fingerprint density at radius 3 is 2.76 bits per heavy atom. The Bertz CT molecular complexity index is 638. The van der Waals surface area contributed by atoms with Gasteiger partial charge in [-0.1, -0.05) is 12.1 Å². The van der Waals surface area contributed by atoms with Gasteiger partial charge in [0.25, 0.3) is 0 Å². The maximum atomic E-state index is 11.2. The monoisotopic (exact) mass is 285 g/mol. The van der Waals surface area contributed by atoms with E-state index < -0.39 is 0 Å². The Morgan fingerprint density at radius 2 is 2.05 bits per heavy atom. The molecule has 1 aromatic carbocycles. The highest BCUT2D eigenvalue weighted by Gasteiger charge is 2.10. The van der Waals surface area contributed by atoms with E-state index in [-0.39, 0.29) is 5.97 Å². The van der Waals surface area contributed by atoms with Crippen LogP contribution in [0.4, 0.5) is 0 Å². The fourth-order valence-corrected chi connectivity index (χ4v) is 2.29. The van der Waals surface area contributed by atoms with Gasteiger partial charge in [0.05, 0.1) is 14.2 Å². The summed E-state index contributed by atoms with van der Waals surface area (Å²) in [4.78, 5) is 15.5. The average molecular weight is 285 g/mol. The van der Waals surface area contributed by atoms with E-state index in [1.807, 2.05) is 37.4 Å². The fraction of sp³-hybridized carbons (Fsp3) is 0.294. The van der Waals surface area contributed by atoms with Gasteiger partial charge in [-0.3, -0.25) is 9.78 Å². The summed E-state index contributed by atoms with van der Waals surface area (Å²) >= 11 is 0. The molecule has 0 fully saturated rings. The topological polar surface area (TPSA) is 48.4 Å². The molecule has 0 aliphatic carbocycles. The maximum absolute atomic E-state index is 11.2. The number of hydrogen-bond donors (Lipinski definition) is 0. The van der Waals surface area contributed by atoms with Crippen LogP contribution in [0.1, 0.15) is 17.5 Å². The average Bonchev–Trinajstić information content (AvgIpc) is 2.52. The van der Waals surface area contributed by atoms with Crippen molar-refractivity contribution in [3.05, 3.63) is 47.8 Å². The number of rotatable bonds is 5. The zero-order chi connectivity index (χ0) is 15.2. The predicted molar refractivity (Wildman–Crippen MR) is 81.3 cm³/mol. The molecule has 2 aromatic rings. The van der Waals surface area contributed by atoms with Crippen LogP contribution in [0.3, 0.4) is 0 Å². The minimum atomic E-state index is -0.214. The molecular formula is C17H19NO3. The molecule has 0 radical (unpaired) electrons. The zero-order valence-corrected chi connectivity index (χ0v) is 12.6.